The van der Waals surface area contributed by atoms with Gasteiger partial charge in [-0.25, -0.2) is 0 Å². The van der Waals surface area contributed by atoms with E-state index in [2.05, 4.69) is 41.5 Å². The molecule has 40 heavy (non-hydrogen) atoms. The van der Waals surface area contributed by atoms with Gasteiger partial charge < -0.3 is 9.47 Å². The van der Waals surface area contributed by atoms with E-state index in [-0.39, 0.29) is 17.9 Å². The summed E-state index contributed by atoms with van der Waals surface area (Å²) in [5.74, 6) is 1.97. The molecule has 0 aromatic rings. The number of hydrogen-bond acceptors (Lipinski definition) is 4. The van der Waals surface area contributed by atoms with Crippen LogP contribution in [0.1, 0.15) is 183 Å². The van der Waals surface area contributed by atoms with Crippen LogP contribution in [-0.4, -0.2) is 25.2 Å². The number of unbranched alkanes of at least 4 members (excludes halogenated alkanes) is 15. The SMILES string of the molecule is CC(C)CCCCCOC(=O)CCCCCCCCCCCCCCC(C(=O)OCCCCCC(C)C)C(C)C. The number of rotatable bonds is 29. The Bertz CT molecular complexity index is 569. The van der Waals surface area contributed by atoms with Crippen molar-refractivity contribution in [2.24, 2.45) is 23.7 Å². The molecule has 0 radical (unpaired) electrons. The summed E-state index contributed by atoms with van der Waals surface area (Å²) in [7, 11) is 0. The smallest absolute Gasteiger partial charge is 0.309 e. The van der Waals surface area contributed by atoms with Crippen molar-refractivity contribution in [1.82, 2.24) is 0 Å². The van der Waals surface area contributed by atoms with Gasteiger partial charge in [0.05, 0.1) is 19.1 Å². The predicted octanol–water partition coefficient (Wildman–Crippen LogP) is 11.2. The Morgan fingerprint density at radius 1 is 0.450 bits per heavy atom. The van der Waals surface area contributed by atoms with Crippen LogP contribution in [-0.2, 0) is 19.1 Å². The van der Waals surface area contributed by atoms with Crippen molar-refractivity contribution in [2.45, 2.75) is 183 Å². The fraction of sp³-hybridized carbons (Fsp3) is 0.944. The van der Waals surface area contributed by atoms with Crippen LogP contribution in [0.4, 0.5) is 0 Å². The van der Waals surface area contributed by atoms with Crippen LogP contribution in [0.3, 0.4) is 0 Å². The second-order valence-corrected chi connectivity index (χ2v) is 13.5. The number of ether oxygens (including phenoxy) is 2. The molecule has 0 heterocycles. The van der Waals surface area contributed by atoms with E-state index >= 15 is 0 Å². The van der Waals surface area contributed by atoms with Crippen molar-refractivity contribution in [1.29, 1.82) is 0 Å². The number of carbonyl (C=O) groups is 2. The summed E-state index contributed by atoms with van der Waals surface area (Å²) in [5.41, 5.74) is 0. The van der Waals surface area contributed by atoms with Gasteiger partial charge in [0.15, 0.2) is 0 Å². The van der Waals surface area contributed by atoms with E-state index in [0.717, 1.165) is 56.8 Å². The molecule has 238 valence electrons. The molecule has 0 aromatic carbocycles. The lowest BCUT2D eigenvalue weighted by Crippen LogP contribution is -2.23. The maximum Gasteiger partial charge on any atom is 0.309 e. The Kier molecular flexibility index (Phi) is 27.3. The monoisotopic (exact) mass is 567 g/mol. The molecule has 1 unspecified atom stereocenters. The van der Waals surface area contributed by atoms with Gasteiger partial charge in [0, 0.05) is 6.42 Å². The van der Waals surface area contributed by atoms with E-state index in [4.69, 9.17) is 9.47 Å². The minimum absolute atomic E-state index is 0.00794. The van der Waals surface area contributed by atoms with E-state index in [0.29, 0.717) is 25.6 Å². The van der Waals surface area contributed by atoms with Crippen molar-refractivity contribution in [2.75, 3.05) is 13.2 Å². The average Bonchev–Trinajstić information content (AvgIpc) is 2.89. The minimum Gasteiger partial charge on any atom is -0.466 e. The lowest BCUT2D eigenvalue weighted by molar-refractivity contribution is -0.150. The molecular weight excluding hydrogens is 496 g/mol. The van der Waals surface area contributed by atoms with Gasteiger partial charge in [0.2, 0.25) is 0 Å². The molecular formula is C36H70O4. The van der Waals surface area contributed by atoms with Gasteiger partial charge in [0.25, 0.3) is 0 Å². The first-order chi connectivity index (χ1) is 19.2. The second-order valence-electron chi connectivity index (χ2n) is 13.5. The van der Waals surface area contributed by atoms with E-state index in [1.54, 1.807) is 0 Å². The topological polar surface area (TPSA) is 52.6 Å². The molecule has 0 aliphatic carbocycles. The number of carbonyl (C=O) groups excluding carboxylic acids is 2. The molecule has 1 atom stereocenters. The summed E-state index contributed by atoms with van der Waals surface area (Å²) in [6.45, 7) is 14.5. The standard InChI is InChI=1S/C36H70O4/c1-31(2)25-19-17-23-29-39-35(37)28-22-16-14-12-10-8-7-9-11-13-15-21-27-34(33(5)6)36(38)40-30-24-18-20-26-32(3)4/h31-34H,7-30H2,1-6H3. The Morgan fingerprint density at radius 3 is 1.27 bits per heavy atom. The summed E-state index contributed by atoms with van der Waals surface area (Å²) in [5, 5.41) is 0. The number of esters is 2. The Labute approximate surface area is 250 Å². The Hall–Kier alpha value is -1.06. The molecule has 0 fully saturated rings. The molecule has 0 aliphatic rings. The highest BCUT2D eigenvalue weighted by atomic mass is 16.5. The van der Waals surface area contributed by atoms with Gasteiger partial charge in [0.1, 0.15) is 0 Å². The largest absolute Gasteiger partial charge is 0.466 e. The molecule has 0 amide bonds. The molecule has 0 aromatic heterocycles. The highest BCUT2D eigenvalue weighted by molar-refractivity contribution is 5.72. The van der Waals surface area contributed by atoms with E-state index in [9.17, 15) is 9.59 Å². The van der Waals surface area contributed by atoms with Gasteiger partial charge in [-0.15, -0.1) is 0 Å². The molecule has 4 nitrogen and oxygen atoms in total. The van der Waals surface area contributed by atoms with Crippen LogP contribution < -0.4 is 0 Å². The van der Waals surface area contributed by atoms with E-state index in [1.165, 1.54) is 89.9 Å². The number of hydrogen-bond donors (Lipinski definition) is 0. The Balaban J connectivity index is 3.51. The average molecular weight is 567 g/mol. The fourth-order valence-electron chi connectivity index (χ4n) is 5.33. The molecule has 0 spiro atoms. The summed E-state index contributed by atoms with van der Waals surface area (Å²) >= 11 is 0. The third-order valence-corrected chi connectivity index (χ3v) is 8.11. The van der Waals surface area contributed by atoms with Crippen LogP contribution in [0.2, 0.25) is 0 Å². The first-order valence-corrected chi connectivity index (χ1v) is 17.6. The summed E-state index contributed by atoms with van der Waals surface area (Å²) in [4.78, 5) is 24.4. The van der Waals surface area contributed by atoms with Gasteiger partial charge in [-0.05, 0) is 43.4 Å². The van der Waals surface area contributed by atoms with Crippen molar-refractivity contribution in [3.05, 3.63) is 0 Å². The van der Waals surface area contributed by atoms with Crippen molar-refractivity contribution < 1.29 is 19.1 Å². The Morgan fingerprint density at radius 2 is 0.825 bits per heavy atom. The normalized spacial score (nSPS) is 12.4. The molecule has 0 saturated carbocycles. The minimum atomic E-state index is -0.00794. The van der Waals surface area contributed by atoms with Crippen molar-refractivity contribution in [3.8, 4) is 0 Å². The van der Waals surface area contributed by atoms with Crippen molar-refractivity contribution in [3.63, 3.8) is 0 Å². The maximum atomic E-state index is 12.5. The van der Waals surface area contributed by atoms with Gasteiger partial charge in [-0.2, -0.15) is 0 Å². The van der Waals surface area contributed by atoms with Crippen LogP contribution in [0.25, 0.3) is 0 Å². The lowest BCUT2D eigenvalue weighted by atomic mass is 9.90. The highest BCUT2D eigenvalue weighted by Crippen LogP contribution is 2.22. The molecule has 0 N–H and O–H groups in total. The van der Waals surface area contributed by atoms with E-state index in [1.807, 2.05) is 0 Å². The zero-order valence-corrected chi connectivity index (χ0v) is 27.9. The maximum absolute atomic E-state index is 12.5. The van der Waals surface area contributed by atoms with Gasteiger partial charge in [-0.3, -0.25) is 9.59 Å². The molecule has 0 rings (SSSR count). The van der Waals surface area contributed by atoms with Gasteiger partial charge in [-0.1, -0.05) is 151 Å². The van der Waals surface area contributed by atoms with Crippen LogP contribution >= 0.6 is 0 Å². The predicted molar refractivity (Wildman–Crippen MR) is 171 cm³/mol. The third kappa shape index (κ3) is 27.1. The summed E-state index contributed by atoms with van der Waals surface area (Å²) in [6, 6.07) is 0. The van der Waals surface area contributed by atoms with Gasteiger partial charge >= 0.3 is 11.9 Å². The zero-order valence-electron chi connectivity index (χ0n) is 27.9. The summed E-state index contributed by atoms with van der Waals surface area (Å²) < 4.78 is 11.0. The first kappa shape index (κ1) is 38.9. The zero-order chi connectivity index (χ0) is 29.8. The molecule has 0 saturated heterocycles. The summed E-state index contributed by atoms with van der Waals surface area (Å²) in [6.07, 6.45) is 25.8. The molecule has 0 aliphatic heterocycles. The molecule has 0 bridgehead atoms. The lowest BCUT2D eigenvalue weighted by Gasteiger charge is -2.19. The second kappa shape index (κ2) is 28.1. The van der Waals surface area contributed by atoms with Crippen LogP contribution in [0.15, 0.2) is 0 Å². The third-order valence-electron chi connectivity index (χ3n) is 8.11. The van der Waals surface area contributed by atoms with Crippen LogP contribution in [0, 0.1) is 23.7 Å². The highest BCUT2D eigenvalue weighted by Gasteiger charge is 2.23. The molecule has 4 heteroatoms. The van der Waals surface area contributed by atoms with E-state index < -0.39 is 0 Å². The fourth-order valence-corrected chi connectivity index (χ4v) is 5.33. The van der Waals surface area contributed by atoms with Crippen LogP contribution in [0.5, 0.6) is 0 Å². The quantitative estimate of drug-likeness (QED) is 0.0667. The van der Waals surface area contributed by atoms with Crippen molar-refractivity contribution >= 4 is 11.9 Å². The first-order valence-electron chi connectivity index (χ1n) is 17.6.